The van der Waals surface area contributed by atoms with Gasteiger partial charge in [0.1, 0.15) is 0 Å². The average Bonchev–Trinajstić information content (AvgIpc) is 2.05. The maximum atomic E-state index is 3.55. The Balaban J connectivity index is 2.27. The third-order valence-electron chi connectivity index (χ3n) is 2.81. The van der Waals surface area contributed by atoms with Crippen molar-refractivity contribution in [3.05, 3.63) is 0 Å². The van der Waals surface area contributed by atoms with E-state index in [0.29, 0.717) is 0 Å². The molecule has 1 heterocycles. The van der Waals surface area contributed by atoms with E-state index in [2.05, 4.69) is 34.8 Å². The molecule has 0 radical (unpaired) electrons. The van der Waals surface area contributed by atoms with Crippen LogP contribution >= 0.6 is 15.9 Å². The van der Waals surface area contributed by atoms with Gasteiger partial charge in [-0.25, -0.2) is 0 Å². The van der Waals surface area contributed by atoms with Gasteiger partial charge in [0.2, 0.25) is 0 Å². The molecule has 0 amide bonds. The van der Waals surface area contributed by atoms with Crippen molar-refractivity contribution in [3.63, 3.8) is 0 Å². The van der Waals surface area contributed by atoms with E-state index >= 15 is 0 Å². The lowest BCUT2D eigenvalue weighted by atomic mass is 9.87. The Hall–Kier alpha value is 0.440. The molecule has 0 bridgehead atoms. The highest BCUT2D eigenvalue weighted by Gasteiger charge is 2.20. The largest absolute Gasteiger partial charge is 0.306 e. The number of likely N-dealkylation sites (tertiary alicyclic amines) is 1. The highest BCUT2D eigenvalue weighted by molar-refractivity contribution is 9.09. The van der Waals surface area contributed by atoms with Crippen LogP contribution in [-0.4, -0.2) is 30.4 Å². The maximum absolute atomic E-state index is 3.55. The number of nitrogens with zero attached hydrogens (tertiary/aromatic N) is 1. The summed E-state index contributed by atoms with van der Waals surface area (Å²) in [6, 6.07) is 0. The molecule has 1 aliphatic heterocycles. The van der Waals surface area contributed by atoms with Crippen molar-refractivity contribution < 1.29 is 0 Å². The lowest BCUT2D eigenvalue weighted by Crippen LogP contribution is -2.33. The fourth-order valence-corrected chi connectivity index (χ4v) is 2.25. The van der Waals surface area contributed by atoms with E-state index in [0.717, 1.165) is 11.8 Å². The molecule has 0 aromatic rings. The van der Waals surface area contributed by atoms with Crippen molar-refractivity contribution in [1.82, 2.24) is 4.90 Å². The van der Waals surface area contributed by atoms with Crippen molar-refractivity contribution in [1.29, 1.82) is 0 Å². The molecule has 2 heteroatoms. The van der Waals surface area contributed by atoms with Crippen LogP contribution < -0.4 is 0 Å². The van der Waals surface area contributed by atoms with Crippen LogP contribution in [0.1, 0.15) is 19.8 Å². The zero-order chi connectivity index (χ0) is 8.27. The van der Waals surface area contributed by atoms with Crippen LogP contribution in [0.15, 0.2) is 0 Å². The van der Waals surface area contributed by atoms with Crippen LogP contribution in [0.4, 0.5) is 0 Å². The number of hydrogen-bond acceptors (Lipinski definition) is 1. The first-order chi connectivity index (χ1) is 5.24. The zero-order valence-corrected chi connectivity index (χ0v) is 9.10. The quantitative estimate of drug-likeness (QED) is 0.646. The first-order valence-electron chi connectivity index (χ1n) is 4.48. The van der Waals surface area contributed by atoms with Crippen molar-refractivity contribution >= 4 is 15.9 Å². The highest BCUT2D eigenvalue weighted by atomic mass is 79.9. The third-order valence-corrected chi connectivity index (χ3v) is 3.83. The maximum Gasteiger partial charge on any atom is 0.00597 e. The van der Waals surface area contributed by atoms with Gasteiger partial charge in [-0.05, 0) is 44.8 Å². The summed E-state index contributed by atoms with van der Waals surface area (Å²) in [6.45, 7) is 4.94. The molecule has 0 aliphatic carbocycles. The molecule has 0 spiro atoms. The van der Waals surface area contributed by atoms with Gasteiger partial charge in [-0.15, -0.1) is 0 Å². The average molecular weight is 220 g/mol. The monoisotopic (exact) mass is 219 g/mol. The van der Waals surface area contributed by atoms with Gasteiger partial charge in [0.15, 0.2) is 0 Å². The summed E-state index contributed by atoms with van der Waals surface area (Å²) in [5.74, 6) is 1.83. The van der Waals surface area contributed by atoms with Crippen LogP contribution in [0.3, 0.4) is 0 Å². The lowest BCUT2D eigenvalue weighted by Gasteiger charge is -2.31. The molecular formula is C9H18BrN. The number of hydrogen-bond donors (Lipinski definition) is 0. The van der Waals surface area contributed by atoms with Crippen LogP contribution in [0.25, 0.3) is 0 Å². The Morgan fingerprint density at radius 3 is 2.45 bits per heavy atom. The van der Waals surface area contributed by atoms with Gasteiger partial charge in [0, 0.05) is 5.33 Å². The molecule has 0 saturated carbocycles. The van der Waals surface area contributed by atoms with Gasteiger partial charge < -0.3 is 4.90 Å². The number of piperidine rings is 1. The molecule has 1 fully saturated rings. The van der Waals surface area contributed by atoms with Crippen molar-refractivity contribution in [2.75, 3.05) is 25.5 Å². The molecule has 0 aromatic carbocycles. The fourth-order valence-electron chi connectivity index (χ4n) is 1.72. The van der Waals surface area contributed by atoms with E-state index in [1.807, 2.05) is 0 Å². The smallest absolute Gasteiger partial charge is 0.00597 e. The first kappa shape index (κ1) is 9.53. The van der Waals surface area contributed by atoms with Crippen molar-refractivity contribution in [3.8, 4) is 0 Å². The first-order valence-corrected chi connectivity index (χ1v) is 5.60. The van der Waals surface area contributed by atoms with Crippen molar-refractivity contribution in [2.24, 2.45) is 11.8 Å². The summed E-state index contributed by atoms with van der Waals surface area (Å²) in [4.78, 5) is 2.43. The van der Waals surface area contributed by atoms with Crippen LogP contribution in [0, 0.1) is 11.8 Å². The second-order valence-electron chi connectivity index (χ2n) is 3.77. The predicted octanol–water partition coefficient (Wildman–Crippen LogP) is 2.36. The number of alkyl halides is 1. The highest BCUT2D eigenvalue weighted by Crippen LogP contribution is 2.25. The molecule has 11 heavy (non-hydrogen) atoms. The third kappa shape index (κ3) is 2.75. The Morgan fingerprint density at radius 2 is 2.00 bits per heavy atom. The summed E-state index contributed by atoms with van der Waals surface area (Å²) < 4.78 is 0. The van der Waals surface area contributed by atoms with E-state index in [9.17, 15) is 0 Å². The molecule has 1 nitrogen and oxygen atoms in total. The molecule has 66 valence electrons. The Kier molecular flexibility index (Phi) is 3.86. The minimum absolute atomic E-state index is 0.865. The van der Waals surface area contributed by atoms with Crippen LogP contribution in [-0.2, 0) is 0 Å². The van der Waals surface area contributed by atoms with E-state index < -0.39 is 0 Å². The van der Waals surface area contributed by atoms with Gasteiger partial charge in [-0.3, -0.25) is 0 Å². The number of halogens is 1. The van der Waals surface area contributed by atoms with Crippen molar-refractivity contribution in [2.45, 2.75) is 19.8 Å². The van der Waals surface area contributed by atoms with Gasteiger partial charge in [-0.2, -0.15) is 0 Å². The molecule has 1 saturated heterocycles. The Morgan fingerprint density at radius 1 is 1.45 bits per heavy atom. The Labute approximate surface area is 78.3 Å². The summed E-state index contributed by atoms with van der Waals surface area (Å²) in [5.41, 5.74) is 0. The van der Waals surface area contributed by atoms with Crippen LogP contribution in [0.2, 0.25) is 0 Å². The lowest BCUT2D eigenvalue weighted by molar-refractivity contribution is 0.187. The molecule has 1 aliphatic rings. The van der Waals surface area contributed by atoms with Gasteiger partial charge in [0.05, 0.1) is 0 Å². The van der Waals surface area contributed by atoms with E-state index in [4.69, 9.17) is 0 Å². The zero-order valence-electron chi connectivity index (χ0n) is 7.52. The second kappa shape index (κ2) is 4.46. The number of rotatable bonds is 2. The van der Waals surface area contributed by atoms with E-state index in [1.54, 1.807) is 0 Å². The van der Waals surface area contributed by atoms with Gasteiger partial charge in [-0.1, -0.05) is 22.9 Å². The van der Waals surface area contributed by atoms with Crippen LogP contribution in [0.5, 0.6) is 0 Å². The van der Waals surface area contributed by atoms with Gasteiger partial charge in [0.25, 0.3) is 0 Å². The fraction of sp³-hybridized carbons (Fsp3) is 1.00. The molecular weight excluding hydrogens is 202 g/mol. The molecule has 1 rings (SSSR count). The van der Waals surface area contributed by atoms with E-state index in [1.165, 1.54) is 31.3 Å². The summed E-state index contributed by atoms with van der Waals surface area (Å²) in [6.07, 6.45) is 2.78. The molecule has 0 N–H and O–H groups in total. The summed E-state index contributed by atoms with van der Waals surface area (Å²) in [7, 11) is 2.22. The minimum atomic E-state index is 0.865. The molecule has 1 unspecified atom stereocenters. The minimum Gasteiger partial charge on any atom is -0.306 e. The molecule has 0 aromatic heterocycles. The summed E-state index contributed by atoms with van der Waals surface area (Å²) >= 11 is 3.55. The normalized spacial score (nSPS) is 25.4. The molecule has 1 atom stereocenters. The second-order valence-corrected chi connectivity index (χ2v) is 4.42. The summed E-state index contributed by atoms with van der Waals surface area (Å²) in [5, 5.41) is 1.17. The topological polar surface area (TPSA) is 3.24 Å². The standard InChI is InChI=1S/C9H18BrN/c1-8(7-10)9-3-5-11(2)6-4-9/h8-9H,3-7H2,1-2H3. The van der Waals surface area contributed by atoms with Gasteiger partial charge >= 0.3 is 0 Å². The predicted molar refractivity (Wildman–Crippen MR) is 53.2 cm³/mol. The SMILES string of the molecule is CC(CBr)C1CCN(C)CC1. The Bertz CT molecular complexity index is 108. The van der Waals surface area contributed by atoms with E-state index in [-0.39, 0.29) is 0 Å².